The van der Waals surface area contributed by atoms with Crippen molar-refractivity contribution in [3.8, 4) is 11.3 Å². The number of nitrogens with zero attached hydrogens (tertiary/aromatic N) is 1. The van der Waals surface area contributed by atoms with Crippen molar-refractivity contribution in [1.29, 1.82) is 0 Å². The van der Waals surface area contributed by atoms with Crippen LogP contribution in [0.2, 0.25) is 0 Å². The van der Waals surface area contributed by atoms with Crippen molar-refractivity contribution in [2.24, 2.45) is 5.92 Å². The molecule has 1 aromatic heterocycles. The standard InChI is InChI=1S/C16H22N2O/c1-10(2)14(9-19)16-17-12(4)15(18-16)13-7-5-11(3)6-8-13/h5-8,10,14,19H,9H2,1-4H3,(H,17,18). The van der Waals surface area contributed by atoms with Gasteiger partial charge in [-0.3, -0.25) is 0 Å². The van der Waals surface area contributed by atoms with Crippen molar-refractivity contribution in [3.05, 3.63) is 41.3 Å². The Morgan fingerprint density at radius 1 is 1.16 bits per heavy atom. The van der Waals surface area contributed by atoms with E-state index >= 15 is 0 Å². The highest BCUT2D eigenvalue weighted by Gasteiger charge is 2.20. The van der Waals surface area contributed by atoms with E-state index in [-0.39, 0.29) is 12.5 Å². The first-order valence-corrected chi connectivity index (χ1v) is 6.77. The van der Waals surface area contributed by atoms with E-state index in [1.165, 1.54) is 5.56 Å². The summed E-state index contributed by atoms with van der Waals surface area (Å²) in [7, 11) is 0. The number of hydrogen-bond acceptors (Lipinski definition) is 2. The van der Waals surface area contributed by atoms with Crippen LogP contribution in [0.15, 0.2) is 24.3 Å². The maximum Gasteiger partial charge on any atom is 0.112 e. The molecule has 3 nitrogen and oxygen atoms in total. The predicted octanol–water partition coefficient (Wildman–Crippen LogP) is 3.43. The normalized spacial score (nSPS) is 12.9. The van der Waals surface area contributed by atoms with E-state index in [0.29, 0.717) is 5.92 Å². The number of imidazole rings is 1. The topological polar surface area (TPSA) is 48.9 Å². The maximum atomic E-state index is 9.50. The van der Waals surface area contributed by atoms with E-state index in [1.54, 1.807) is 0 Å². The first-order chi connectivity index (χ1) is 9.02. The molecule has 19 heavy (non-hydrogen) atoms. The van der Waals surface area contributed by atoms with Gasteiger partial charge in [0.25, 0.3) is 0 Å². The van der Waals surface area contributed by atoms with Crippen molar-refractivity contribution >= 4 is 0 Å². The van der Waals surface area contributed by atoms with E-state index in [1.807, 2.05) is 6.92 Å². The molecule has 2 N–H and O–H groups in total. The van der Waals surface area contributed by atoms with Gasteiger partial charge in [-0.05, 0) is 19.8 Å². The van der Waals surface area contributed by atoms with Gasteiger partial charge in [0.15, 0.2) is 0 Å². The van der Waals surface area contributed by atoms with Crippen molar-refractivity contribution in [3.63, 3.8) is 0 Å². The average molecular weight is 258 g/mol. The Balaban J connectivity index is 2.38. The molecule has 2 aromatic rings. The first-order valence-electron chi connectivity index (χ1n) is 6.77. The molecule has 0 amide bonds. The van der Waals surface area contributed by atoms with Crippen LogP contribution in [0.1, 0.15) is 36.8 Å². The summed E-state index contributed by atoms with van der Waals surface area (Å²) >= 11 is 0. The maximum absolute atomic E-state index is 9.50. The molecule has 0 aliphatic rings. The van der Waals surface area contributed by atoms with Crippen LogP contribution < -0.4 is 0 Å². The summed E-state index contributed by atoms with van der Waals surface area (Å²) in [4.78, 5) is 8.01. The van der Waals surface area contributed by atoms with E-state index in [9.17, 15) is 5.11 Å². The molecular weight excluding hydrogens is 236 g/mol. The van der Waals surface area contributed by atoms with E-state index < -0.39 is 0 Å². The second-order valence-electron chi connectivity index (χ2n) is 5.49. The van der Waals surface area contributed by atoms with Crippen molar-refractivity contribution in [2.75, 3.05) is 6.61 Å². The molecule has 0 spiro atoms. The van der Waals surface area contributed by atoms with E-state index in [2.05, 4.69) is 55.0 Å². The molecule has 102 valence electrons. The third-order valence-corrected chi connectivity index (χ3v) is 3.58. The van der Waals surface area contributed by atoms with Gasteiger partial charge in [0.05, 0.1) is 12.3 Å². The third kappa shape index (κ3) is 2.87. The summed E-state index contributed by atoms with van der Waals surface area (Å²) in [5, 5.41) is 9.50. The zero-order chi connectivity index (χ0) is 14.0. The fourth-order valence-electron chi connectivity index (χ4n) is 2.26. The molecule has 1 unspecified atom stereocenters. The Kier molecular flexibility index (Phi) is 4.05. The molecule has 0 bridgehead atoms. The van der Waals surface area contributed by atoms with E-state index in [0.717, 1.165) is 22.8 Å². The lowest BCUT2D eigenvalue weighted by molar-refractivity contribution is 0.232. The highest BCUT2D eigenvalue weighted by Crippen LogP contribution is 2.27. The molecule has 1 atom stereocenters. The van der Waals surface area contributed by atoms with Crippen LogP contribution in [0.4, 0.5) is 0 Å². The number of hydrogen-bond donors (Lipinski definition) is 2. The number of aliphatic hydroxyl groups is 1. The van der Waals surface area contributed by atoms with Gasteiger partial charge in [0.1, 0.15) is 5.82 Å². The van der Waals surface area contributed by atoms with E-state index in [4.69, 9.17) is 0 Å². The lowest BCUT2D eigenvalue weighted by Crippen LogP contribution is -2.12. The number of rotatable bonds is 4. The second-order valence-corrected chi connectivity index (χ2v) is 5.49. The minimum Gasteiger partial charge on any atom is -0.396 e. The molecule has 3 heteroatoms. The summed E-state index contributed by atoms with van der Waals surface area (Å²) < 4.78 is 0. The van der Waals surface area contributed by atoms with Crippen LogP contribution in [0.25, 0.3) is 11.3 Å². The number of aryl methyl sites for hydroxylation is 2. The molecule has 0 radical (unpaired) electrons. The molecule has 0 saturated carbocycles. The van der Waals surface area contributed by atoms with Gasteiger partial charge in [0.2, 0.25) is 0 Å². The first kappa shape index (κ1) is 13.8. The Bertz CT molecular complexity index is 540. The highest BCUT2D eigenvalue weighted by atomic mass is 16.3. The van der Waals surface area contributed by atoms with Crippen molar-refractivity contribution < 1.29 is 5.11 Å². The summed E-state index contributed by atoms with van der Waals surface area (Å²) in [6.45, 7) is 8.43. The molecule has 0 saturated heterocycles. The summed E-state index contributed by atoms with van der Waals surface area (Å²) in [6.07, 6.45) is 0. The van der Waals surface area contributed by atoms with Crippen LogP contribution in [0.3, 0.4) is 0 Å². The largest absolute Gasteiger partial charge is 0.396 e. The lowest BCUT2D eigenvalue weighted by atomic mass is 9.96. The van der Waals surface area contributed by atoms with Gasteiger partial charge >= 0.3 is 0 Å². The smallest absolute Gasteiger partial charge is 0.112 e. The lowest BCUT2D eigenvalue weighted by Gasteiger charge is -2.15. The van der Waals surface area contributed by atoms with Gasteiger partial charge in [-0.2, -0.15) is 0 Å². The zero-order valence-corrected chi connectivity index (χ0v) is 12.1. The number of nitrogens with one attached hydrogen (secondary N) is 1. The van der Waals surface area contributed by atoms with Crippen LogP contribution in [-0.2, 0) is 0 Å². The number of aromatic nitrogens is 2. The van der Waals surface area contributed by atoms with Gasteiger partial charge in [-0.1, -0.05) is 43.7 Å². The predicted molar refractivity (Wildman–Crippen MR) is 78.2 cm³/mol. The SMILES string of the molecule is Cc1ccc(-c2nc(C(CO)C(C)C)[nH]c2C)cc1. The monoisotopic (exact) mass is 258 g/mol. The highest BCUT2D eigenvalue weighted by molar-refractivity contribution is 5.62. The molecule has 1 heterocycles. The number of aliphatic hydroxyl groups excluding tert-OH is 1. The zero-order valence-electron chi connectivity index (χ0n) is 12.1. The minimum atomic E-state index is 0.0675. The fraction of sp³-hybridized carbons (Fsp3) is 0.438. The molecule has 0 aliphatic heterocycles. The molecule has 1 aromatic carbocycles. The summed E-state index contributed by atoms with van der Waals surface area (Å²) in [5.41, 5.74) is 4.39. The van der Waals surface area contributed by atoms with Crippen LogP contribution in [0, 0.1) is 19.8 Å². The van der Waals surface area contributed by atoms with Crippen molar-refractivity contribution in [1.82, 2.24) is 9.97 Å². The number of aromatic amines is 1. The molecule has 0 aliphatic carbocycles. The Labute approximate surface area is 114 Å². The average Bonchev–Trinajstić information content (AvgIpc) is 2.72. The van der Waals surface area contributed by atoms with Gasteiger partial charge in [0, 0.05) is 17.2 Å². The Morgan fingerprint density at radius 3 is 2.32 bits per heavy atom. The third-order valence-electron chi connectivity index (χ3n) is 3.58. The van der Waals surface area contributed by atoms with Crippen LogP contribution >= 0.6 is 0 Å². The number of H-pyrrole nitrogens is 1. The fourth-order valence-corrected chi connectivity index (χ4v) is 2.26. The quantitative estimate of drug-likeness (QED) is 0.882. The summed E-state index contributed by atoms with van der Waals surface area (Å²) in [6, 6.07) is 8.36. The summed E-state index contributed by atoms with van der Waals surface area (Å²) in [5.74, 6) is 1.31. The van der Waals surface area contributed by atoms with Gasteiger partial charge in [-0.15, -0.1) is 0 Å². The van der Waals surface area contributed by atoms with Gasteiger partial charge in [-0.25, -0.2) is 4.98 Å². The van der Waals surface area contributed by atoms with Crippen LogP contribution in [-0.4, -0.2) is 21.7 Å². The second kappa shape index (κ2) is 5.57. The minimum absolute atomic E-state index is 0.0675. The van der Waals surface area contributed by atoms with Crippen LogP contribution in [0.5, 0.6) is 0 Å². The van der Waals surface area contributed by atoms with Crippen molar-refractivity contribution in [2.45, 2.75) is 33.6 Å². The van der Waals surface area contributed by atoms with Gasteiger partial charge < -0.3 is 10.1 Å². The molecule has 2 rings (SSSR count). The molecular formula is C16H22N2O. The Hall–Kier alpha value is -1.61. The molecule has 0 fully saturated rings. The Morgan fingerprint density at radius 2 is 1.79 bits per heavy atom. The number of benzene rings is 1.